The molecule has 0 aromatic heterocycles. The molecule has 20 heavy (non-hydrogen) atoms. The van der Waals surface area contributed by atoms with Crippen LogP contribution in [0.25, 0.3) is 0 Å². The Hall–Kier alpha value is -1.97. The number of cyclic esters (lactones) is 1. The molecule has 0 spiro atoms. The minimum atomic E-state index is -3.51. The van der Waals surface area contributed by atoms with Crippen molar-refractivity contribution in [3.8, 4) is 5.75 Å². The molecule has 1 atom stereocenters. The predicted octanol–water partition coefficient (Wildman–Crippen LogP) is 2.48. The molecule has 0 unspecified atom stereocenters. The van der Waals surface area contributed by atoms with Gasteiger partial charge >= 0.3 is 17.7 Å². The topological polar surface area (TPSA) is 102 Å². The monoisotopic (exact) mass is 352 g/mol. The Bertz CT molecular complexity index is 595. The molecule has 2 rings (SSSR count). The van der Waals surface area contributed by atoms with Crippen LogP contribution in [0.5, 0.6) is 5.75 Å². The van der Waals surface area contributed by atoms with Crippen molar-refractivity contribution in [1.82, 2.24) is 5.32 Å². The summed E-state index contributed by atoms with van der Waals surface area (Å²) in [5.41, 5.74) is -1.21. The van der Waals surface area contributed by atoms with Gasteiger partial charge in [-0.05, 0) is 6.07 Å². The number of nitrogens with one attached hydrogen (secondary N) is 1. The fourth-order valence-corrected chi connectivity index (χ4v) is 2.24. The van der Waals surface area contributed by atoms with E-state index < -0.39 is 46.6 Å². The molecule has 1 aromatic carbocycles. The molecule has 0 radical (unpaired) electrons. The Kier molecular flexibility index (Phi) is 3.50. The number of hydrogen-bond donors (Lipinski definition) is 2. The number of alkyl halides is 2. The van der Waals surface area contributed by atoms with Gasteiger partial charge in [0.05, 0.1) is 4.92 Å². The first-order valence-corrected chi connectivity index (χ1v) is 5.99. The highest BCUT2D eigenvalue weighted by Crippen LogP contribution is 2.43. The molecule has 0 saturated carbocycles. The zero-order chi connectivity index (χ0) is 15.1. The van der Waals surface area contributed by atoms with Crippen LogP contribution >= 0.6 is 15.9 Å². The lowest BCUT2D eigenvalue weighted by molar-refractivity contribution is -0.386. The van der Waals surface area contributed by atoms with Crippen LogP contribution in [0.3, 0.4) is 0 Å². The van der Waals surface area contributed by atoms with E-state index >= 15 is 0 Å². The minimum Gasteiger partial charge on any atom is -0.502 e. The molecular weight excluding hydrogens is 346 g/mol. The number of carbonyl (C=O) groups is 1. The number of rotatable bonds is 2. The summed E-state index contributed by atoms with van der Waals surface area (Å²) in [6, 6.07) is 0.130. The lowest BCUT2D eigenvalue weighted by atomic mass is 9.98. The van der Waals surface area contributed by atoms with Gasteiger partial charge in [-0.25, -0.2) is 13.6 Å². The van der Waals surface area contributed by atoms with Crippen LogP contribution in [0.2, 0.25) is 0 Å². The van der Waals surface area contributed by atoms with Gasteiger partial charge in [-0.2, -0.15) is 0 Å². The van der Waals surface area contributed by atoms with E-state index in [0.717, 1.165) is 12.1 Å². The Labute approximate surface area is 118 Å². The number of aromatic hydroxyl groups is 1. The molecule has 1 aliphatic rings. The summed E-state index contributed by atoms with van der Waals surface area (Å²) in [7, 11) is 0. The first-order valence-electron chi connectivity index (χ1n) is 5.20. The molecule has 10 heteroatoms. The van der Waals surface area contributed by atoms with Gasteiger partial charge in [0.15, 0.2) is 12.4 Å². The number of ether oxygens (including phenoxy) is 1. The SMILES string of the molecule is O=C1N[C@H](c2cc(Br)cc([N+](=O)[O-])c2O)C(F)(F)CO1. The molecule has 1 amide bonds. The average molecular weight is 353 g/mol. The summed E-state index contributed by atoms with van der Waals surface area (Å²) in [5, 5.41) is 22.4. The minimum absolute atomic E-state index is 0.119. The van der Waals surface area contributed by atoms with E-state index in [-0.39, 0.29) is 4.47 Å². The summed E-state index contributed by atoms with van der Waals surface area (Å²) in [6.07, 6.45) is -1.09. The van der Waals surface area contributed by atoms with Crippen LogP contribution in [0.4, 0.5) is 19.3 Å². The van der Waals surface area contributed by atoms with Crippen molar-refractivity contribution >= 4 is 27.7 Å². The summed E-state index contributed by atoms with van der Waals surface area (Å²) in [4.78, 5) is 20.9. The second kappa shape index (κ2) is 4.85. The number of amides is 1. The molecular formula is C10H7BrF2N2O5. The van der Waals surface area contributed by atoms with Crippen molar-refractivity contribution in [2.75, 3.05) is 6.61 Å². The molecule has 7 nitrogen and oxygen atoms in total. The molecule has 1 heterocycles. The number of phenols is 1. The zero-order valence-electron chi connectivity index (χ0n) is 9.60. The summed E-state index contributed by atoms with van der Waals surface area (Å²) in [5.74, 6) is -4.44. The maximum absolute atomic E-state index is 13.7. The molecule has 1 saturated heterocycles. The Morgan fingerprint density at radius 1 is 1.55 bits per heavy atom. The van der Waals surface area contributed by atoms with Gasteiger partial charge in [-0.15, -0.1) is 0 Å². The fraction of sp³-hybridized carbons (Fsp3) is 0.300. The number of benzene rings is 1. The summed E-state index contributed by atoms with van der Waals surface area (Å²) >= 11 is 2.93. The maximum Gasteiger partial charge on any atom is 0.408 e. The fourth-order valence-electron chi connectivity index (χ4n) is 1.78. The van der Waals surface area contributed by atoms with Crippen LogP contribution in [-0.2, 0) is 4.74 Å². The first-order chi connectivity index (χ1) is 9.22. The van der Waals surface area contributed by atoms with E-state index in [2.05, 4.69) is 20.7 Å². The Morgan fingerprint density at radius 3 is 2.80 bits per heavy atom. The molecule has 1 fully saturated rings. The number of nitro benzene ring substituents is 1. The number of nitro groups is 1. The third-order valence-corrected chi connectivity index (χ3v) is 3.13. The number of nitrogens with zero attached hydrogens (tertiary/aromatic N) is 1. The van der Waals surface area contributed by atoms with Gasteiger partial charge < -0.3 is 15.2 Å². The van der Waals surface area contributed by atoms with E-state index in [1.807, 2.05) is 5.32 Å². The number of carbonyl (C=O) groups excluding carboxylic acids is 1. The molecule has 0 aliphatic carbocycles. The molecule has 1 aliphatic heterocycles. The normalized spacial score (nSPS) is 20.9. The van der Waals surface area contributed by atoms with Crippen molar-refractivity contribution in [2.24, 2.45) is 0 Å². The van der Waals surface area contributed by atoms with Crippen LogP contribution in [0.15, 0.2) is 16.6 Å². The number of hydrogen-bond acceptors (Lipinski definition) is 5. The van der Waals surface area contributed by atoms with Crippen LogP contribution in [-0.4, -0.2) is 28.7 Å². The Balaban J connectivity index is 2.56. The Morgan fingerprint density at radius 2 is 2.20 bits per heavy atom. The maximum atomic E-state index is 13.7. The average Bonchev–Trinajstić information content (AvgIpc) is 2.34. The summed E-state index contributed by atoms with van der Waals surface area (Å²) in [6.45, 7) is -1.18. The van der Waals surface area contributed by atoms with Crippen molar-refractivity contribution in [1.29, 1.82) is 0 Å². The molecule has 108 valence electrons. The molecule has 1 aromatic rings. The second-order valence-corrected chi connectivity index (χ2v) is 4.95. The standard InChI is InChI=1S/C10H7BrF2N2O5/c11-4-1-5(7(16)6(2-4)15(18)19)8-10(12,13)3-20-9(17)14-8/h1-2,8,16H,3H2,(H,14,17)/t8-/m1/s1. The van der Waals surface area contributed by atoms with Gasteiger partial charge in [0, 0.05) is 16.1 Å². The van der Waals surface area contributed by atoms with Crippen LogP contribution < -0.4 is 5.32 Å². The third-order valence-electron chi connectivity index (χ3n) is 2.67. The third kappa shape index (κ3) is 2.50. The first kappa shape index (κ1) is 14.4. The highest BCUT2D eigenvalue weighted by molar-refractivity contribution is 9.10. The van der Waals surface area contributed by atoms with E-state index in [4.69, 9.17) is 0 Å². The van der Waals surface area contributed by atoms with Crippen molar-refractivity contribution in [3.05, 3.63) is 32.3 Å². The van der Waals surface area contributed by atoms with Gasteiger partial charge in [0.25, 0.3) is 0 Å². The lowest BCUT2D eigenvalue weighted by Crippen LogP contribution is -2.49. The van der Waals surface area contributed by atoms with Gasteiger partial charge in [0.2, 0.25) is 0 Å². The lowest BCUT2D eigenvalue weighted by Gasteiger charge is -2.32. The number of phenolic OH excluding ortho intramolecular Hbond substituents is 1. The van der Waals surface area contributed by atoms with E-state index in [0.29, 0.717) is 0 Å². The number of halogens is 3. The van der Waals surface area contributed by atoms with Gasteiger partial charge in [-0.3, -0.25) is 10.1 Å². The quantitative estimate of drug-likeness (QED) is 0.628. The van der Waals surface area contributed by atoms with Crippen molar-refractivity contribution in [2.45, 2.75) is 12.0 Å². The predicted molar refractivity (Wildman–Crippen MR) is 64.6 cm³/mol. The number of alkyl carbamates (subject to hydrolysis) is 1. The molecule has 0 bridgehead atoms. The zero-order valence-corrected chi connectivity index (χ0v) is 11.2. The van der Waals surface area contributed by atoms with Gasteiger partial charge in [0.1, 0.15) is 6.04 Å². The highest BCUT2D eigenvalue weighted by atomic mass is 79.9. The largest absolute Gasteiger partial charge is 0.502 e. The van der Waals surface area contributed by atoms with Crippen molar-refractivity contribution < 1.29 is 28.3 Å². The highest BCUT2D eigenvalue weighted by Gasteiger charge is 2.48. The second-order valence-electron chi connectivity index (χ2n) is 4.03. The van der Waals surface area contributed by atoms with Gasteiger partial charge in [-0.1, -0.05) is 15.9 Å². The molecule has 2 N–H and O–H groups in total. The van der Waals surface area contributed by atoms with E-state index in [9.17, 15) is 28.8 Å². The summed E-state index contributed by atoms with van der Waals surface area (Å²) < 4.78 is 31.8. The smallest absolute Gasteiger partial charge is 0.408 e. The van der Waals surface area contributed by atoms with Crippen LogP contribution in [0.1, 0.15) is 11.6 Å². The van der Waals surface area contributed by atoms with Crippen molar-refractivity contribution in [3.63, 3.8) is 0 Å². The van der Waals surface area contributed by atoms with Crippen LogP contribution in [0, 0.1) is 10.1 Å². The van der Waals surface area contributed by atoms with E-state index in [1.54, 1.807) is 0 Å². The van der Waals surface area contributed by atoms with E-state index in [1.165, 1.54) is 0 Å².